The third-order valence-corrected chi connectivity index (χ3v) is 2.01. The minimum absolute atomic E-state index is 0.152. The minimum Gasteiger partial charge on any atom is -0.359 e. The van der Waals surface area contributed by atoms with Gasteiger partial charge in [0, 0.05) is 13.0 Å². The standard InChI is InChI=1S/C9H20N2O/c1-8(9(12)11-3)6-4-5-7-10-2/h8,10H,4-7H2,1-3H3,(H,11,12). The summed E-state index contributed by atoms with van der Waals surface area (Å²) in [7, 11) is 3.63. The molecule has 0 saturated carbocycles. The van der Waals surface area contributed by atoms with Crippen LogP contribution in [-0.4, -0.2) is 26.5 Å². The van der Waals surface area contributed by atoms with E-state index in [1.165, 1.54) is 0 Å². The van der Waals surface area contributed by atoms with Crippen LogP contribution in [-0.2, 0) is 4.79 Å². The van der Waals surface area contributed by atoms with Crippen molar-refractivity contribution in [3.63, 3.8) is 0 Å². The predicted molar refractivity (Wildman–Crippen MR) is 51.0 cm³/mol. The zero-order valence-electron chi connectivity index (χ0n) is 8.31. The summed E-state index contributed by atoms with van der Waals surface area (Å²) in [6.07, 6.45) is 3.26. The van der Waals surface area contributed by atoms with E-state index < -0.39 is 0 Å². The maximum atomic E-state index is 11.0. The number of carbonyl (C=O) groups excluding carboxylic acids is 1. The number of hydrogen-bond acceptors (Lipinski definition) is 2. The number of nitrogens with one attached hydrogen (secondary N) is 2. The van der Waals surface area contributed by atoms with Gasteiger partial charge in [0.1, 0.15) is 0 Å². The Morgan fingerprint density at radius 1 is 1.33 bits per heavy atom. The first-order valence-electron chi connectivity index (χ1n) is 4.58. The van der Waals surface area contributed by atoms with E-state index in [0.29, 0.717) is 0 Å². The Balaban J connectivity index is 3.31. The number of hydrogen-bond donors (Lipinski definition) is 2. The molecule has 0 bridgehead atoms. The van der Waals surface area contributed by atoms with Crippen LogP contribution in [0.1, 0.15) is 26.2 Å². The van der Waals surface area contributed by atoms with E-state index in [4.69, 9.17) is 0 Å². The van der Waals surface area contributed by atoms with Crippen LogP contribution in [0.3, 0.4) is 0 Å². The summed E-state index contributed by atoms with van der Waals surface area (Å²) in [4.78, 5) is 11.0. The second kappa shape index (κ2) is 7.10. The van der Waals surface area contributed by atoms with Gasteiger partial charge in [0.25, 0.3) is 0 Å². The molecule has 1 unspecified atom stereocenters. The van der Waals surface area contributed by atoms with Crippen LogP contribution in [0.5, 0.6) is 0 Å². The van der Waals surface area contributed by atoms with Crippen molar-refractivity contribution in [1.29, 1.82) is 0 Å². The van der Waals surface area contributed by atoms with Gasteiger partial charge >= 0.3 is 0 Å². The highest BCUT2D eigenvalue weighted by atomic mass is 16.1. The third kappa shape index (κ3) is 5.13. The molecule has 0 fully saturated rings. The highest BCUT2D eigenvalue weighted by Crippen LogP contribution is 2.06. The molecule has 1 atom stereocenters. The Morgan fingerprint density at radius 2 is 2.00 bits per heavy atom. The van der Waals surface area contributed by atoms with E-state index in [-0.39, 0.29) is 11.8 Å². The SMILES string of the molecule is CNCCCCC(C)C(=O)NC. The molecule has 12 heavy (non-hydrogen) atoms. The Morgan fingerprint density at radius 3 is 2.50 bits per heavy atom. The van der Waals surface area contributed by atoms with E-state index in [1.54, 1.807) is 7.05 Å². The first kappa shape index (κ1) is 11.4. The molecular weight excluding hydrogens is 152 g/mol. The largest absolute Gasteiger partial charge is 0.359 e. The van der Waals surface area contributed by atoms with Crippen molar-refractivity contribution in [2.24, 2.45) is 5.92 Å². The van der Waals surface area contributed by atoms with Crippen molar-refractivity contribution in [2.45, 2.75) is 26.2 Å². The maximum absolute atomic E-state index is 11.0. The van der Waals surface area contributed by atoms with Crippen LogP contribution in [0.15, 0.2) is 0 Å². The smallest absolute Gasteiger partial charge is 0.222 e. The molecule has 0 heterocycles. The second-order valence-corrected chi connectivity index (χ2v) is 3.11. The molecular formula is C9H20N2O. The lowest BCUT2D eigenvalue weighted by atomic mass is 10.0. The van der Waals surface area contributed by atoms with Crippen molar-refractivity contribution in [3.8, 4) is 0 Å². The molecule has 0 rings (SSSR count). The first-order chi connectivity index (χ1) is 5.72. The van der Waals surface area contributed by atoms with Gasteiger partial charge in [-0.15, -0.1) is 0 Å². The molecule has 0 aliphatic rings. The summed E-state index contributed by atoms with van der Waals surface area (Å²) >= 11 is 0. The molecule has 0 aromatic heterocycles. The monoisotopic (exact) mass is 172 g/mol. The van der Waals surface area contributed by atoms with Gasteiger partial charge in [0.15, 0.2) is 0 Å². The maximum Gasteiger partial charge on any atom is 0.222 e. The van der Waals surface area contributed by atoms with Crippen molar-refractivity contribution in [2.75, 3.05) is 20.6 Å². The van der Waals surface area contributed by atoms with E-state index in [2.05, 4.69) is 10.6 Å². The molecule has 3 heteroatoms. The minimum atomic E-state index is 0.152. The normalized spacial score (nSPS) is 12.6. The van der Waals surface area contributed by atoms with Gasteiger partial charge in [-0.25, -0.2) is 0 Å². The Hall–Kier alpha value is -0.570. The molecule has 0 aliphatic carbocycles. The van der Waals surface area contributed by atoms with Gasteiger partial charge in [-0.3, -0.25) is 4.79 Å². The molecule has 0 aromatic carbocycles. The average Bonchev–Trinajstić information content (AvgIpc) is 2.10. The topological polar surface area (TPSA) is 41.1 Å². The van der Waals surface area contributed by atoms with Gasteiger partial charge in [-0.2, -0.15) is 0 Å². The third-order valence-electron chi connectivity index (χ3n) is 2.01. The summed E-state index contributed by atoms with van der Waals surface area (Å²) in [6, 6.07) is 0. The lowest BCUT2D eigenvalue weighted by molar-refractivity contribution is -0.124. The fraction of sp³-hybridized carbons (Fsp3) is 0.889. The highest BCUT2D eigenvalue weighted by molar-refractivity contribution is 5.77. The first-order valence-corrected chi connectivity index (χ1v) is 4.58. The van der Waals surface area contributed by atoms with Crippen molar-refractivity contribution >= 4 is 5.91 Å². The molecule has 0 aliphatic heterocycles. The summed E-state index contributed by atoms with van der Waals surface area (Å²) < 4.78 is 0. The predicted octanol–water partition coefficient (Wildman–Crippen LogP) is 0.758. The average molecular weight is 172 g/mol. The second-order valence-electron chi connectivity index (χ2n) is 3.11. The molecule has 0 spiro atoms. The zero-order valence-corrected chi connectivity index (χ0v) is 8.31. The van der Waals surface area contributed by atoms with Gasteiger partial charge in [-0.05, 0) is 26.4 Å². The van der Waals surface area contributed by atoms with Gasteiger partial charge in [-0.1, -0.05) is 13.3 Å². The van der Waals surface area contributed by atoms with Crippen LogP contribution in [0.2, 0.25) is 0 Å². The van der Waals surface area contributed by atoms with Crippen LogP contribution in [0, 0.1) is 5.92 Å². The Labute approximate surface area is 74.9 Å². The lowest BCUT2D eigenvalue weighted by Gasteiger charge is -2.08. The Bertz CT molecular complexity index is 126. The Kier molecular flexibility index (Phi) is 6.76. The van der Waals surface area contributed by atoms with Crippen molar-refractivity contribution in [3.05, 3.63) is 0 Å². The van der Waals surface area contributed by atoms with E-state index in [1.807, 2.05) is 14.0 Å². The number of unbranched alkanes of at least 4 members (excludes halogenated alkanes) is 1. The lowest BCUT2D eigenvalue weighted by Crippen LogP contribution is -2.25. The molecule has 1 amide bonds. The molecule has 2 N–H and O–H groups in total. The van der Waals surface area contributed by atoms with Crippen LogP contribution in [0.4, 0.5) is 0 Å². The van der Waals surface area contributed by atoms with E-state index in [9.17, 15) is 4.79 Å². The van der Waals surface area contributed by atoms with Gasteiger partial charge in [0.05, 0.1) is 0 Å². The molecule has 0 aromatic rings. The summed E-state index contributed by atoms with van der Waals surface area (Å²) in [5.74, 6) is 0.311. The van der Waals surface area contributed by atoms with Gasteiger partial charge in [0.2, 0.25) is 5.91 Å². The number of carbonyl (C=O) groups is 1. The van der Waals surface area contributed by atoms with E-state index >= 15 is 0 Å². The van der Waals surface area contributed by atoms with Crippen LogP contribution >= 0.6 is 0 Å². The fourth-order valence-corrected chi connectivity index (χ4v) is 1.13. The van der Waals surface area contributed by atoms with Gasteiger partial charge < -0.3 is 10.6 Å². The fourth-order valence-electron chi connectivity index (χ4n) is 1.13. The van der Waals surface area contributed by atoms with E-state index in [0.717, 1.165) is 25.8 Å². The summed E-state index contributed by atoms with van der Waals surface area (Å²) in [5.41, 5.74) is 0. The summed E-state index contributed by atoms with van der Waals surface area (Å²) in [6.45, 7) is 3.01. The van der Waals surface area contributed by atoms with Crippen molar-refractivity contribution in [1.82, 2.24) is 10.6 Å². The number of amides is 1. The highest BCUT2D eigenvalue weighted by Gasteiger charge is 2.09. The molecule has 3 nitrogen and oxygen atoms in total. The zero-order chi connectivity index (χ0) is 9.40. The molecule has 0 saturated heterocycles. The van der Waals surface area contributed by atoms with Crippen LogP contribution < -0.4 is 10.6 Å². The van der Waals surface area contributed by atoms with Crippen LogP contribution in [0.25, 0.3) is 0 Å². The molecule has 72 valence electrons. The van der Waals surface area contributed by atoms with Crippen molar-refractivity contribution < 1.29 is 4.79 Å². The summed E-state index contributed by atoms with van der Waals surface area (Å²) in [5, 5.41) is 5.74. The molecule has 0 radical (unpaired) electrons. The number of rotatable bonds is 6. The quantitative estimate of drug-likeness (QED) is 0.581.